The van der Waals surface area contributed by atoms with E-state index in [1.54, 1.807) is 6.20 Å². The first kappa shape index (κ1) is 12.6. The Kier molecular flexibility index (Phi) is 3.48. The van der Waals surface area contributed by atoms with Gasteiger partial charge in [-0.15, -0.1) is 0 Å². The van der Waals surface area contributed by atoms with Crippen molar-refractivity contribution in [2.75, 3.05) is 13.2 Å². The summed E-state index contributed by atoms with van der Waals surface area (Å²) in [4.78, 5) is 18.8. The van der Waals surface area contributed by atoms with Crippen molar-refractivity contribution in [1.29, 1.82) is 0 Å². The van der Waals surface area contributed by atoms with Crippen molar-refractivity contribution in [3.05, 3.63) is 30.1 Å². The summed E-state index contributed by atoms with van der Waals surface area (Å²) in [5, 5.41) is 0. The van der Waals surface area contributed by atoms with Crippen LogP contribution in [0.5, 0.6) is 0 Å². The van der Waals surface area contributed by atoms with Crippen LogP contribution in [0.15, 0.2) is 24.4 Å². The zero-order valence-electron chi connectivity index (χ0n) is 10.9. The maximum Gasteiger partial charge on any atom is 0.230 e. The van der Waals surface area contributed by atoms with Gasteiger partial charge in [0, 0.05) is 18.3 Å². The zero-order chi connectivity index (χ0) is 13.2. The second kappa shape index (κ2) is 5.27. The van der Waals surface area contributed by atoms with Gasteiger partial charge in [0.2, 0.25) is 5.91 Å². The molecule has 2 atom stereocenters. The van der Waals surface area contributed by atoms with Crippen LogP contribution in [0.3, 0.4) is 0 Å². The van der Waals surface area contributed by atoms with E-state index in [-0.39, 0.29) is 17.9 Å². The van der Waals surface area contributed by atoms with Crippen LogP contribution in [0.2, 0.25) is 0 Å². The van der Waals surface area contributed by atoms with Crippen molar-refractivity contribution in [1.82, 2.24) is 9.88 Å². The van der Waals surface area contributed by atoms with E-state index < -0.39 is 0 Å². The van der Waals surface area contributed by atoms with Crippen LogP contribution in [-0.2, 0) is 16.1 Å². The number of rotatable bonds is 4. The van der Waals surface area contributed by atoms with Crippen LogP contribution in [-0.4, -0.2) is 41.1 Å². The van der Waals surface area contributed by atoms with Crippen molar-refractivity contribution in [2.24, 2.45) is 11.7 Å². The number of nitrogens with zero attached hydrogens (tertiary/aromatic N) is 2. The predicted octanol–water partition coefficient (Wildman–Crippen LogP) is 0.546. The van der Waals surface area contributed by atoms with Gasteiger partial charge in [0.15, 0.2) is 0 Å². The molecule has 5 heteroatoms. The highest BCUT2D eigenvalue weighted by molar-refractivity contribution is 5.80. The summed E-state index contributed by atoms with van der Waals surface area (Å²) >= 11 is 0. The number of carbonyl (C=O) groups is 1. The molecule has 5 nitrogen and oxygen atoms in total. The maximum atomic E-state index is 12.6. The van der Waals surface area contributed by atoms with Gasteiger partial charge >= 0.3 is 0 Å². The summed E-state index contributed by atoms with van der Waals surface area (Å²) in [7, 11) is 0. The van der Waals surface area contributed by atoms with Gasteiger partial charge in [0.25, 0.3) is 0 Å². The Morgan fingerprint density at radius 1 is 1.42 bits per heavy atom. The first-order chi connectivity index (χ1) is 9.25. The normalized spacial score (nSPS) is 26.4. The van der Waals surface area contributed by atoms with Crippen LogP contribution in [0.4, 0.5) is 0 Å². The van der Waals surface area contributed by atoms with Gasteiger partial charge < -0.3 is 15.4 Å². The fourth-order valence-electron chi connectivity index (χ4n) is 2.48. The summed E-state index contributed by atoms with van der Waals surface area (Å²) < 4.78 is 5.30. The molecule has 1 saturated heterocycles. The lowest BCUT2D eigenvalue weighted by Gasteiger charge is -2.26. The Morgan fingerprint density at radius 3 is 2.84 bits per heavy atom. The quantitative estimate of drug-likeness (QED) is 0.859. The minimum Gasteiger partial charge on any atom is -0.379 e. The van der Waals surface area contributed by atoms with Crippen LogP contribution in [0.25, 0.3) is 0 Å². The van der Waals surface area contributed by atoms with E-state index in [1.807, 2.05) is 23.1 Å². The number of pyridine rings is 1. The molecule has 0 radical (unpaired) electrons. The molecular weight excluding hydrogens is 242 g/mol. The van der Waals surface area contributed by atoms with Crippen LogP contribution in [0, 0.1) is 5.92 Å². The molecule has 1 aromatic rings. The predicted molar refractivity (Wildman–Crippen MR) is 70.1 cm³/mol. The molecule has 102 valence electrons. The Bertz CT molecular complexity index is 447. The highest BCUT2D eigenvalue weighted by Gasteiger charge is 2.40. The molecule has 0 bridgehead atoms. The lowest BCUT2D eigenvalue weighted by molar-refractivity contribution is -0.137. The second-order valence-corrected chi connectivity index (χ2v) is 5.33. The van der Waals surface area contributed by atoms with E-state index in [9.17, 15) is 4.79 Å². The summed E-state index contributed by atoms with van der Waals surface area (Å²) in [5.74, 6) is -0.0672. The lowest BCUT2D eigenvalue weighted by atomic mass is 10.0. The van der Waals surface area contributed by atoms with Crippen LogP contribution in [0.1, 0.15) is 18.5 Å². The van der Waals surface area contributed by atoms with E-state index in [2.05, 4.69) is 4.98 Å². The van der Waals surface area contributed by atoms with E-state index in [4.69, 9.17) is 10.5 Å². The molecule has 2 aliphatic rings. The van der Waals surface area contributed by atoms with Crippen molar-refractivity contribution < 1.29 is 9.53 Å². The fourth-order valence-corrected chi connectivity index (χ4v) is 2.48. The molecule has 1 aromatic heterocycles. The third kappa shape index (κ3) is 2.77. The topological polar surface area (TPSA) is 68.5 Å². The van der Waals surface area contributed by atoms with Crippen molar-refractivity contribution in [2.45, 2.75) is 31.5 Å². The van der Waals surface area contributed by atoms with Crippen molar-refractivity contribution in [3.63, 3.8) is 0 Å². The first-order valence-electron chi connectivity index (χ1n) is 6.79. The van der Waals surface area contributed by atoms with E-state index in [0.29, 0.717) is 25.8 Å². The van der Waals surface area contributed by atoms with Gasteiger partial charge in [-0.3, -0.25) is 9.78 Å². The van der Waals surface area contributed by atoms with Gasteiger partial charge in [0.1, 0.15) is 0 Å². The number of carbonyl (C=O) groups excluding carboxylic acids is 1. The molecule has 3 rings (SSSR count). The molecule has 2 fully saturated rings. The summed E-state index contributed by atoms with van der Waals surface area (Å²) in [6, 6.07) is 5.98. The van der Waals surface area contributed by atoms with Crippen LogP contribution >= 0.6 is 0 Å². The average Bonchev–Trinajstić information content (AvgIpc) is 3.18. The largest absolute Gasteiger partial charge is 0.379 e. The standard InChI is InChI=1S/C14H19N3O2/c15-13-9-19-8-12(13)14(18)17(11-4-5-11)7-10-3-1-2-6-16-10/h1-3,6,11-13H,4-5,7-9,15H2. The van der Waals surface area contributed by atoms with E-state index in [0.717, 1.165) is 18.5 Å². The smallest absolute Gasteiger partial charge is 0.230 e. The fraction of sp³-hybridized carbons (Fsp3) is 0.571. The molecular formula is C14H19N3O2. The molecule has 1 amide bonds. The maximum absolute atomic E-state index is 12.6. The third-order valence-corrected chi connectivity index (χ3v) is 3.77. The molecule has 1 aliphatic carbocycles. The molecule has 2 heterocycles. The number of aromatic nitrogens is 1. The Morgan fingerprint density at radius 2 is 2.26 bits per heavy atom. The second-order valence-electron chi connectivity index (χ2n) is 5.33. The molecule has 0 spiro atoms. The van der Waals surface area contributed by atoms with E-state index >= 15 is 0 Å². The average molecular weight is 261 g/mol. The molecule has 2 N–H and O–H groups in total. The Labute approximate surface area is 112 Å². The first-order valence-corrected chi connectivity index (χ1v) is 6.79. The van der Waals surface area contributed by atoms with Gasteiger partial charge in [-0.2, -0.15) is 0 Å². The van der Waals surface area contributed by atoms with Crippen LogP contribution < -0.4 is 5.73 Å². The van der Waals surface area contributed by atoms with Gasteiger partial charge in [-0.25, -0.2) is 0 Å². The number of nitrogens with two attached hydrogens (primary N) is 1. The van der Waals surface area contributed by atoms with Crippen molar-refractivity contribution >= 4 is 5.91 Å². The summed E-state index contributed by atoms with van der Waals surface area (Å²) in [6.07, 6.45) is 3.93. The minimum atomic E-state index is -0.190. The Balaban J connectivity index is 1.72. The monoisotopic (exact) mass is 261 g/mol. The summed E-state index contributed by atoms with van der Waals surface area (Å²) in [5.41, 5.74) is 6.87. The zero-order valence-corrected chi connectivity index (χ0v) is 10.9. The van der Waals surface area contributed by atoms with Gasteiger partial charge in [-0.1, -0.05) is 6.07 Å². The van der Waals surface area contributed by atoms with Crippen molar-refractivity contribution in [3.8, 4) is 0 Å². The lowest BCUT2D eigenvalue weighted by Crippen LogP contribution is -2.44. The number of ether oxygens (including phenoxy) is 1. The molecule has 1 saturated carbocycles. The minimum absolute atomic E-state index is 0.123. The van der Waals surface area contributed by atoms with Gasteiger partial charge in [0.05, 0.1) is 31.4 Å². The highest BCUT2D eigenvalue weighted by atomic mass is 16.5. The SMILES string of the molecule is NC1COCC1C(=O)N(Cc1ccccn1)C1CC1. The molecule has 2 unspecified atom stereocenters. The highest BCUT2D eigenvalue weighted by Crippen LogP contribution is 2.30. The van der Waals surface area contributed by atoms with Gasteiger partial charge in [-0.05, 0) is 25.0 Å². The summed E-state index contributed by atoms with van der Waals surface area (Å²) in [6.45, 7) is 1.51. The molecule has 0 aromatic carbocycles. The molecule has 19 heavy (non-hydrogen) atoms. The number of hydrogen-bond donors (Lipinski definition) is 1. The molecule has 1 aliphatic heterocycles. The Hall–Kier alpha value is -1.46. The number of hydrogen-bond acceptors (Lipinski definition) is 4. The third-order valence-electron chi connectivity index (χ3n) is 3.77. The number of amides is 1. The van der Waals surface area contributed by atoms with E-state index in [1.165, 1.54) is 0 Å².